The Morgan fingerprint density at radius 3 is 2.62 bits per heavy atom. The van der Waals surface area contributed by atoms with Crippen molar-refractivity contribution >= 4 is 17.3 Å². The number of hydrogen-bond donors (Lipinski definition) is 2. The molecule has 0 aliphatic heterocycles. The Morgan fingerprint density at radius 2 is 2.05 bits per heavy atom. The smallest absolute Gasteiger partial charge is 0.339 e. The van der Waals surface area contributed by atoms with Crippen LogP contribution in [-0.2, 0) is 6.54 Å². The molecule has 110 valence electrons. The summed E-state index contributed by atoms with van der Waals surface area (Å²) in [5.74, 6) is -0.266. The fourth-order valence-corrected chi connectivity index (χ4v) is 2.00. The number of carboxylic acid groups (broad SMARTS) is 1. The zero-order chi connectivity index (χ0) is 15.6. The van der Waals surface area contributed by atoms with Crippen LogP contribution in [0.3, 0.4) is 0 Å². The van der Waals surface area contributed by atoms with Crippen molar-refractivity contribution in [3.05, 3.63) is 57.0 Å². The summed E-state index contributed by atoms with van der Waals surface area (Å²) in [5.41, 5.74) is 1.45. The van der Waals surface area contributed by atoms with Gasteiger partial charge in [0.05, 0.1) is 11.5 Å². The summed E-state index contributed by atoms with van der Waals surface area (Å²) in [6.45, 7) is 3.58. The molecule has 2 N–H and O–H groups in total. The van der Waals surface area contributed by atoms with Gasteiger partial charge in [0.2, 0.25) is 0 Å². The van der Waals surface area contributed by atoms with E-state index in [-0.39, 0.29) is 17.8 Å². The molecule has 7 heteroatoms. The summed E-state index contributed by atoms with van der Waals surface area (Å²) in [5, 5.41) is 22.7. The molecule has 7 nitrogen and oxygen atoms in total. The van der Waals surface area contributed by atoms with Crippen molar-refractivity contribution < 1.29 is 19.2 Å². The first-order valence-electron chi connectivity index (χ1n) is 6.19. The number of anilines is 1. The Hall–Kier alpha value is -2.83. The SMILES string of the molecule is Cc1cc(NCc2cc(C(=O)O)c(C)o2)cc([N+](=O)[O-])c1. The predicted molar refractivity (Wildman–Crippen MR) is 75.6 cm³/mol. The van der Waals surface area contributed by atoms with E-state index in [0.29, 0.717) is 17.2 Å². The zero-order valence-corrected chi connectivity index (χ0v) is 11.5. The third kappa shape index (κ3) is 3.38. The molecule has 0 spiro atoms. The van der Waals surface area contributed by atoms with E-state index >= 15 is 0 Å². The van der Waals surface area contributed by atoms with Gasteiger partial charge < -0.3 is 14.8 Å². The Kier molecular flexibility index (Phi) is 3.93. The number of nitro benzene ring substituents is 1. The second-order valence-corrected chi connectivity index (χ2v) is 4.66. The first-order valence-corrected chi connectivity index (χ1v) is 6.19. The number of non-ortho nitro benzene ring substituents is 1. The van der Waals surface area contributed by atoms with Crippen molar-refractivity contribution in [3.8, 4) is 0 Å². The van der Waals surface area contributed by atoms with Crippen LogP contribution in [0.5, 0.6) is 0 Å². The number of benzene rings is 1. The van der Waals surface area contributed by atoms with E-state index in [4.69, 9.17) is 9.52 Å². The number of carbonyl (C=O) groups is 1. The highest BCUT2D eigenvalue weighted by atomic mass is 16.6. The molecule has 1 aromatic heterocycles. The Labute approximate surface area is 120 Å². The molecule has 0 atom stereocenters. The molecular weight excluding hydrogens is 276 g/mol. The van der Waals surface area contributed by atoms with Crippen molar-refractivity contribution in [1.29, 1.82) is 0 Å². The molecule has 0 saturated heterocycles. The standard InChI is InChI=1S/C14H14N2O5/c1-8-3-10(5-11(4-8)16(19)20)15-7-12-6-13(14(17)18)9(2)21-12/h3-6,15H,7H2,1-2H3,(H,17,18). The van der Waals surface area contributed by atoms with Gasteiger partial charge in [0.25, 0.3) is 5.69 Å². The highest BCUT2D eigenvalue weighted by Crippen LogP contribution is 2.22. The number of nitrogens with one attached hydrogen (secondary N) is 1. The first kappa shape index (κ1) is 14.6. The molecule has 2 aromatic rings. The number of carboxylic acids is 1. The molecule has 0 aliphatic rings. The maximum absolute atomic E-state index is 10.9. The number of nitrogens with zero attached hydrogens (tertiary/aromatic N) is 1. The topological polar surface area (TPSA) is 106 Å². The van der Waals surface area contributed by atoms with Crippen LogP contribution in [0.4, 0.5) is 11.4 Å². The molecule has 0 saturated carbocycles. The molecule has 21 heavy (non-hydrogen) atoms. The van der Waals surface area contributed by atoms with E-state index in [9.17, 15) is 14.9 Å². The van der Waals surface area contributed by atoms with Crippen LogP contribution < -0.4 is 5.32 Å². The van der Waals surface area contributed by atoms with Gasteiger partial charge >= 0.3 is 5.97 Å². The quantitative estimate of drug-likeness (QED) is 0.647. The summed E-state index contributed by atoms with van der Waals surface area (Å²) >= 11 is 0. The zero-order valence-electron chi connectivity index (χ0n) is 11.5. The maximum atomic E-state index is 10.9. The van der Waals surface area contributed by atoms with Crippen molar-refractivity contribution in [2.24, 2.45) is 0 Å². The molecule has 2 rings (SSSR count). The lowest BCUT2D eigenvalue weighted by Crippen LogP contribution is -2.00. The predicted octanol–water partition coefficient (Wildman–Crippen LogP) is 3.11. The monoisotopic (exact) mass is 290 g/mol. The minimum Gasteiger partial charge on any atom is -0.478 e. The van der Waals surface area contributed by atoms with Crippen molar-refractivity contribution in [2.45, 2.75) is 20.4 Å². The molecule has 1 heterocycles. The van der Waals surface area contributed by atoms with E-state index in [0.717, 1.165) is 5.56 Å². The fraction of sp³-hybridized carbons (Fsp3) is 0.214. The Bertz CT molecular complexity index is 705. The Morgan fingerprint density at radius 1 is 1.33 bits per heavy atom. The van der Waals surface area contributed by atoms with E-state index in [1.807, 2.05) is 0 Å². The lowest BCUT2D eigenvalue weighted by atomic mass is 10.2. The van der Waals surface area contributed by atoms with E-state index < -0.39 is 10.9 Å². The molecule has 0 unspecified atom stereocenters. The molecule has 1 aromatic carbocycles. The molecule has 0 radical (unpaired) electrons. The molecule has 0 fully saturated rings. The van der Waals surface area contributed by atoms with Gasteiger partial charge in [-0.3, -0.25) is 10.1 Å². The van der Waals surface area contributed by atoms with Crippen LogP contribution in [0, 0.1) is 24.0 Å². The van der Waals surface area contributed by atoms with E-state index in [1.165, 1.54) is 18.2 Å². The van der Waals surface area contributed by atoms with Gasteiger partial charge in [0, 0.05) is 17.8 Å². The van der Waals surface area contributed by atoms with Crippen LogP contribution in [0.2, 0.25) is 0 Å². The third-order valence-electron chi connectivity index (χ3n) is 2.94. The lowest BCUT2D eigenvalue weighted by Gasteiger charge is -2.05. The van der Waals surface area contributed by atoms with Gasteiger partial charge in [-0.1, -0.05) is 0 Å². The van der Waals surface area contributed by atoms with Gasteiger partial charge in [-0.25, -0.2) is 4.79 Å². The number of rotatable bonds is 5. The number of aryl methyl sites for hydroxylation is 2. The molecule has 0 aliphatic carbocycles. The fourth-order valence-electron chi connectivity index (χ4n) is 2.00. The average molecular weight is 290 g/mol. The molecule has 0 amide bonds. The normalized spacial score (nSPS) is 10.4. The third-order valence-corrected chi connectivity index (χ3v) is 2.94. The summed E-state index contributed by atoms with van der Waals surface area (Å²) in [7, 11) is 0. The summed E-state index contributed by atoms with van der Waals surface area (Å²) in [6.07, 6.45) is 0. The number of nitro groups is 1. The highest BCUT2D eigenvalue weighted by Gasteiger charge is 2.14. The largest absolute Gasteiger partial charge is 0.478 e. The van der Waals surface area contributed by atoms with Crippen LogP contribution in [0.25, 0.3) is 0 Å². The highest BCUT2D eigenvalue weighted by molar-refractivity contribution is 5.88. The van der Waals surface area contributed by atoms with Crippen molar-refractivity contribution in [3.63, 3.8) is 0 Å². The van der Waals surface area contributed by atoms with Crippen LogP contribution in [0.1, 0.15) is 27.4 Å². The second kappa shape index (κ2) is 5.66. The van der Waals surface area contributed by atoms with Gasteiger partial charge in [-0.15, -0.1) is 0 Å². The van der Waals surface area contributed by atoms with Crippen LogP contribution >= 0.6 is 0 Å². The van der Waals surface area contributed by atoms with Crippen molar-refractivity contribution in [1.82, 2.24) is 0 Å². The van der Waals surface area contributed by atoms with Crippen LogP contribution in [-0.4, -0.2) is 16.0 Å². The van der Waals surface area contributed by atoms with Crippen LogP contribution in [0.15, 0.2) is 28.7 Å². The first-order chi connectivity index (χ1) is 9.86. The number of aromatic carboxylic acids is 1. The second-order valence-electron chi connectivity index (χ2n) is 4.66. The lowest BCUT2D eigenvalue weighted by molar-refractivity contribution is -0.384. The molecular formula is C14H14N2O5. The summed E-state index contributed by atoms with van der Waals surface area (Å²) in [4.78, 5) is 21.3. The summed E-state index contributed by atoms with van der Waals surface area (Å²) in [6, 6.07) is 6.10. The van der Waals surface area contributed by atoms with E-state index in [1.54, 1.807) is 19.9 Å². The number of furan rings is 1. The maximum Gasteiger partial charge on any atom is 0.339 e. The van der Waals surface area contributed by atoms with Crippen molar-refractivity contribution in [2.75, 3.05) is 5.32 Å². The van der Waals surface area contributed by atoms with Gasteiger partial charge in [-0.05, 0) is 31.5 Å². The van der Waals surface area contributed by atoms with Gasteiger partial charge in [0.1, 0.15) is 17.1 Å². The minimum absolute atomic E-state index is 0.000601. The van der Waals surface area contributed by atoms with Gasteiger partial charge in [0.15, 0.2) is 0 Å². The van der Waals surface area contributed by atoms with E-state index in [2.05, 4.69) is 5.32 Å². The van der Waals surface area contributed by atoms with Gasteiger partial charge in [-0.2, -0.15) is 0 Å². The molecule has 0 bridgehead atoms. The average Bonchev–Trinajstić information content (AvgIpc) is 2.77. The summed E-state index contributed by atoms with van der Waals surface area (Å²) < 4.78 is 5.33. The minimum atomic E-state index is -1.05. The Balaban J connectivity index is 2.14. The number of hydrogen-bond acceptors (Lipinski definition) is 5.